The first-order valence-corrected chi connectivity index (χ1v) is 8.44. The van der Waals surface area contributed by atoms with E-state index >= 15 is 0 Å². The van der Waals surface area contributed by atoms with Crippen LogP contribution in [-0.4, -0.2) is 26.9 Å². The molecule has 0 heterocycles. The molecule has 0 atom stereocenters. The van der Waals surface area contributed by atoms with Crippen LogP contribution in [0.5, 0.6) is 11.5 Å². The summed E-state index contributed by atoms with van der Waals surface area (Å²) >= 11 is 6.16. The van der Waals surface area contributed by atoms with Crippen LogP contribution in [0, 0.1) is 0 Å². The number of nitrogens with one attached hydrogen (secondary N) is 1. The highest BCUT2D eigenvalue weighted by Crippen LogP contribution is 2.28. The summed E-state index contributed by atoms with van der Waals surface area (Å²) in [6.45, 7) is 5.17. The molecule has 0 radical (unpaired) electrons. The van der Waals surface area contributed by atoms with Crippen molar-refractivity contribution in [2.24, 2.45) is 0 Å². The molecule has 0 aliphatic rings. The van der Waals surface area contributed by atoms with Crippen molar-refractivity contribution in [3.8, 4) is 11.5 Å². The van der Waals surface area contributed by atoms with Gasteiger partial charge in [-0.05, 0) is 36.2 Å². The predicted molar refractivity (Wildman–Crippen MR) is 97.0 cm³/mol. The maximum Gasteiger partial charge on any atom is 0.161 e. The van der Waals surface area contributed by atoms with Crippen LogP contribution in [0.2, 0.25) is 5.02 Å². The highest BCUT2D eigenvalue weighted by atomic mass is 35.5. The molecule has 24 heavy (non-hydrogen) atoms. The minimum absolute atomic E-state index is 0.508. The van der Waals surface area contributed by atoms with Crippen LogP contribution in [0.25, 0.3) is 0 Å². The van der Waals surface area contributed by atoms with Gasteiger partial charge in [0.1, 0.15) is 6.61 Å². The first kappa shape index (κ1) is 18.6. The summed E-state index contributed by atoms with van der Waals surface area (Å²) in [7, 11) is 1.64. The van der Waals surface area contributed by atoms with Crippen molar-refractivity contribution in [1.82, 2.24) is 5.32 Å². The van der Waals surface area contributed by atoms with E-state index in [0.717, 1.165) is 34.2 Å². The number of benzene rings is 2. The van der Waals surface area contributed by atoms with Crippen LogP contribution < -0.4 is 14.8 Å². The summed E-state index contributed by atoms with van der Waals surface area (Å²) in [5.41, 5.74) is 2.21. The topological polar surface area (TPSA) is 39.7 Å². The van der Waals surface area contributed by atoms with Crippen molar-refractivity contribution in [3.05, 3.63) is 58.6 Å². The zero-order chi connectivity index (χ0) is 17.2. The van der Waals surface area contributed by atoms with E-state index < -0.39 is 0 Å². The van der Waals surface area contributed by atoms with E-state index in [0.29, 0.717) is 26.4 Å². The molecule has 1 N–H and O–H groups in total. The van der Waals surface area contributed by atoms with Gasteiger partial charge >= 0.3 is 0 Å². The van der Waals surface area contributed by atoms with Gasteiger partial charge in [-0.1, -0.05) is 35.9 Å². The van der Waals surface area contributed by atoms with Crippen LogP contribution in [0.1, 0.15) is 18.1 Å². The summed E-state index contributed by atoms with van der Waals surface area (Å²) in [5, 5.41) is 4.17. The zero-order valence-corrected chi connectivity index (χ0v) is 14.9. The molecule has 2 aromatic rings. The van der Waals surface area contributed by atoms with Crippen molar-refractivity contribution in [1.29, 1.82) is 0 Å². The van der Waals surface area contributed by atoms with Gasteiger partial charge in [0, 0.05) is 24.7 Å². The Morgan fingerprint density at radius 3 is 2.58 bits per heavy atom. The summed E-state index contributed by atoms with van der Waals surface area (Å²) < 4.78 is 16.4. The normalized spacial score (nSPS) is 10.6. The second kappa shape index (κ2) is 10.2. The molecule has 0 fully saturated rings. The average Bonchev–Trinajstić information content (AvgIpc) is 2.61. The van der Waals surface area contributed by atoms with E-state index in [4.69, 9.17) is 25.8 Å². The Labute approximate surface area is 148 Å². The molecular weight excluding hydrogens is 326 g/mol. The first-order valence-electron chi connectivity index (χ1n) is 8.06. The lowest BCUT2D eigenvalue weighted by Gasteiger charge is -2.13. The maximum atomic E-state index is 6.16. The SMILES string of the molecule is CCOCCOc1ccc(CNCc2ccccc2Cl)cc1OC. The molecule has 0 aliphatic heterocycles. The minimum Gasteiger partial charge on any atom is -0.493 e. The maximum absolute atomic E-state index is 6.16. The minimum atomic E-state index is 0.508. The number of halogens is 1. The van der Waals surface area contributed by atoms with Gasteiger partial charge in [-0.15, -0.1) is 0 Å². The average molecular weight is 350 g/mol. The number of rotatable bonds is 10. The van der Waals surface area contributed by atoms with Gasteiger partial charge in [-0.3, -0.25) is 0 Å². The summed E-state index contributed by atoms with van der Waals surface area (Å²) in [5.74, 6) is 1.45. The monoisotopic (exact) mass is 349 g/mol. The summed E-state index contributed by atoms with van der Waals surface area (Å²) in [6, 6.07) is 13.8. The standard InChI is InChI=1S/C19H24ClNO3/c1-3-23-10-11-24-18-9-8-15(12-19(18)22-2)13-21-14-16-6-4-5-7-17(16)20/h4-9,12,21H,3,10-11,13-14H2,1-2H3. The lowest BCUT2D eigenvalue weighted by molar-refractivity contribution is 0.109. The second-order valence-electron chi connectivity index (χ2n) is 5.23. The fourth-order valence-corrected chi connectivity index (χ4v) is 2.48. The fourth-order valence-electron chi connectivity index (χ4n) is 2.28. The van der Waals surface area contributed by atoms with E-state index in [2.05, 4.69) is 5.32 Å². The third kappa shape index (κ3) is 5.71. The highest BCUT2D eigenvalue weighted by molar-refractivity contribution is 6.31. The van der Waals surface area contributed by atoms with Gasteiger partial charge in [0.15, 0.2) is 11.5 Å². The Bertz CT molecular complexity index is 634. The second-order valence-corrected chi connectivity index (χ2v) is 5.63. The Morgan fingerprint density at radius 1 is 1.00 bits per heavy atom. The Morgan fingerprint density at radius 2 is 1.83 bits per heavy atom. The molecule has 0 aliphatic carbocycles. The third-order valence-electron chi connectivity index (χ3n) is 3.52. The van der Waals surface area contributed by atoms with Crippen molar-refractivity contribution >= 4 is 11.6 Å². The lowest BCUT2D eigenvalue weighted by atomic mass is 10.2. The van der Waals surface area contributed by atoms with Gasteiger partial charge in [-0.2, -0.15) is 0 Å². The van der Waals surface area contributed by atoms with Crippen LogP contribution in [-0.2, 0) is 17.8 Å². The van der Waals surface area contributed by atoms with Crippen LogP contribution in [0.4, 0.5) is 0 Å². The van der Waals surface area contributed by atoms with Gasteiger partial charge in [0.05, 0.1) is 13.7 Å². The first-order chi connectivity index (χ1) is 11.7. The number of hydrogen-bond donors (Lipinski definition) is 1. The molecule has 2 aromatic carbocycles. The summed E-state index contributed by atoms with van der Waals surface area (Å²) in [4.78, 5) is 0. The van der Waals surface area contributed by atoms with Crippen molar-refractivity contribution < 1.29 is 14.2 Å². The molecule has 0 bridgehead atoms. The Balaban J connectivity index is 1.88. The van der Waals surface area contributed by atoms with E-state index in [1.54, 1.807) is 7.11 Å². The lowest BCUT2D eigenvalue weighted by Crippen LogP contribution is -2.13. The third-order valence-corrected chi connectivity index (χ3v) is 3.89. The predicted octanol–water partition coefficient (Wildman–Crippen LogP) is 4.05. The molecule has 0 amide bonds. The summed E-state index contributed by atoms with van der Waals surface area (Å²) in [6.07, 6.45) is 0. The molecule has 0 spiro atoms. The number of methoxy groups -OCH3 is 1. The highest BCUT2D eigenvalue weighted by Gasteiger charge is 2.06. The van der Waals surface area contributed by atoms with Gasteiger partial charge in [0.2, 0.25) is 0 Å². The number of ether oxygens (including phenoxy) is 3. The van der Waals surface area contributed by atoms with Gasteiger partial charge in [-0.25, -0.2) is 0 Å². The quantitative estimate of drug-likeness (QED) is 0.657. The Hall–Kier alpha value is -1.75. The molecule has 0 saturated heterocycles. The van der Waals surface area contributed by atoms with Crippen molar-refractivity contribution in [3.63, 3.8) is 0 Å². The molecule has 4 nitrogen and oxygen atoms in total. The van der Waals surface area contributed by atoms with Crippen molar-refractivity contribution in [2.75, 3.05) is 26.9 Å². The molecule has 130 valence electrons. The van der Waals surface area contributed by atoms with E-state index in [1.165, 1.54) is 0 Å². The van der Waals surface area contributed by atoms with E-state index in [9.17, 15) is 0 Å². The van der Waals surface area contributed by atoms with Crippen molar-refractivity contribution in [2.45, 2.75) is 20.0 Å². The molecular formula is C19H24ClNO3. The van der Waals surface area contributed by atoms with Crippen LogP contribution in [0.3, 0.4) is 0 Å². The zero-order valence-electron chi connectivity index (χ0n) is 14.2. The largest absolute Gasteiger partial charge is 0.493 e. The molecule has 2 rings (SSSR count). The fraction of sp³-hybridized carbons (Fsp3) is 0.368. The van der Waals surface area contributed by atoms with Crippen LogP contribution >= 0.6 is 11.6 Å². The molecule has 0 saturated carbocycles. The molecule has 0 unspecified atom stereocenters. The van der Waals surface area contributed by atoms with E-state index in [-0.39, 0.29) is 0 Å². The van der Waals surface area contributed by atoms with Gasteiger partial charge in [0.25, 0.3) is 0 Å². The van der Waals surface area contributed by atoms with E-state index in [1.807, 2.05) is 49.4 Å². The molecule has 0 aromatic heterocycles. The number of hydrogen-bond acceptors (Lipinski definition) is 4. The smallest absolute Gasteiger partial charge is 0.161 e. The molecule has 5 heteroatoms. The van der Waals surface area contributed by atoms with Gasteiger partial charge < -0.3 is 19.5 Å². The Kier molecular flexibility index (Phi) is 7.89. The van der Waals surface area contributed by atoms with Crippen LogP contribution in [0.15, 0.2) is 42.5 Å².